The van der Waals surface area contributed by atoms with Crippen LogP contribution in [0.2, 0.25) is 0 Å². The molecule has 1 atom stereocenters. The second-order valence-electron chi connectivity index (χ2n) is 6.69. The van der Waals surface area contributed by atoms with Gasteiger partial charge in [-0.25, -0.2) is 0 Å². The first-order valence-corrected chi connectivity index (χ1v) is 8.40. The Morgan fingerprint density at radius 3 is 2.70 bits per heavy atom. The quantitative estimate of drug-likeness (QED) is 0.613. The molecule has 0 radical (unpaired) electrons. The van der Waals surface area contributed by atoms with Crippen LogP contribution in [-0.4, -0.2) is 70.0 Å². The molecule has 1 saturated carbocycles. The molecule has 6 nitrogen and oxygen atoms in total. The summed E-state index contributed by atoms with van der Waals surface area (Å²) in [6.07, 6.45) is 4.99. The predicted octanol–water partition coefficient (Wildman–Crippen LogP) is 0.513. The van der Waals surface area contributed by atoms with Crippen LogP contribution in [0, 0.1) is 5.92 Å². The van der Waals surface area contributed by atoms with Crippen LogP contribution in [0.1, 0.15) is 29.8 Å². The van der Waals surface area contributed by atoms with E-state index in [1.807, 2.05) is 0 Å². The summed E-state index contributed by atoms with van der Waals surface area (Å²) in [5.41, 5.74) is 0.425. The summed E-state index contributed by atoms with van der Waals surface area (Å²) in [6.45, 7) is 3.07. The minimum absolute atomic E-state index is 0.111. The van der Waals surface area contributed by atoms with E-state index in [1.165, 1.54) is 12.8 Å². The van der Waals surface area contributed by atoms with Gasteiger partial charge in [0.05, 0.1) is 5.69 Å². The molecular weight excluding hydrogens is 294 g/mol. The molecule has 2 heterocycles. The van der Waals surface area contributed by atoms with Crippen molar-refractivity contribution in [3.63, 3.8) is 0 Å². The number of aromatic nitrogens is 1. The van der Waals surface area contributed by atoms with Gasteiger partial charge in [-0.05, 0) is 37.3 Å². The van der Waals surface area contributed by atoms with Crippen LogP contribution < -0.4 is 0 Å². The largest absolute Gasteiger partial charge is 0.396 e. The summed E-state index contributed by atoms with van der Waals surface area (Å²) in [6, 6.07) is 3.59. The van der Waals surface area contributed by atoms with E-state index in [0.29, 0.717) is 25.2 Å². The van der Waals surface area contributed by atoms with Gasteiger partial charge >= 0.3 is 0 Å². The Labute approximate surface area is 136 Å². The Morgan fingerprint density at radius 1 is 1.30 bits per heavy atom. The molecule has 1 aliphatic heterocycles. The first kappa shape index (κ1) is 16.2. The van der Waals surface area contributed by atoms with Crippen molar-refractivity contribution in [1.29, 1.82) is 0 Å². The Morgan fingerprint density at radius 2 is 2.09 bits per heavy atom. The van der Waals surface area contributed by atoms with Gasteiger partial charge in [0.1, 0.15) is 0 Å². The third kappa shape index (κ3) is 3.64. The van der Waals surface area contributed by atoms with Gasteiger partial charge in [-0.1, -0.05) is 0 Å². The van der Waals surface area contributed by atoms with E-state index in [1.54, 1.807) is 34.8 Å². The van der Waals surface area contributed by atoms with Gasteiger partial charge < -0.3 is 14.6 Å². The summed E-state index contributed by atoms with van der Waals surface area (Å²) in [5, 5.41) is 9.31. The highest BCUT2D eigenvalue weighted by atomic mass is 16.3. The van der Waals surface area contributed by atoms with Crippen molar-refractivity contribution < 1.29 is 14.7 Å². The van der Waals surface area contributed by atoms with E-state index < -0.39 is 11.7 Å². The van der Waals surface area contributed by atoms with Crippen LogP contribution in [0.4, 0.5) is 0 Å². The van der Waals surface area contributed by atoms with E-state index in [2.05, 4.69) is 4.90 Å². The van der Waals surface area contributed by atoms with Gasteiger partial charge in [0.2, 0.25) is 0 Å². The van der Waals surface area contributed by atoms with Gasteiger partial charge in [0, 0.05) is 52.1 Å². The summed E-state index contributed by atoms with van der Waals surface area (Å²) < 4.78 is 1.68. The Kier molecular flexibility index (Phi) is 4.82. The zero-order valence-electron chi connectivity index (χ0n) is 13.6. The monoisotopic (exact) mass is 319 g/mol. The van der Waals surface area contributed by atoms with E-state index in [0.717, 1.165) is 19.0 Å². The Bertz CT molecular complexity index is 579. The average Bonchev–Trinajstić information content (AvgIpc) is 3.26. The molecule has 2 fully saturated rings. The number of aliphatic hydroxyl groups excluding tert-OH is 1. The Balaban J connectivity index is 1.65. The molecule has 23 heavy (non-hydrogen) atoms. The van der Waals surface area contributed by atoms with Crippen molar-refractivity contribution in [1.82, 2.24) is 14.4 Å². The number of Topliss-reactive ketones (excluding diaryl/α,β-unsaturated/α-hetero) is 1. The van der Waals surface area contributed by atoms with Crippen LogP contribution >= 0.6 is 0 Å². The highest BCUT2D eigenvalue weighted by Crippen LogP contribution is 2.31. The maximum atomic E-state index is 12.5. The lowest BCUT2D eigenvalue weighted by Crippen LogP contribution is -2.56. The van der Waals surface area contributed by atoms with Crippen molar-refractivity contribution in [2.24, 2.45) is 13.0 Å². The average molecular weight is 319 g/mol. The number of amides is 1. The second kappa shape index (κ2) is 6.84. The number of hydrogen-bond donors (Lipinski definition) is 1. The molecule has 0 bridgehead atoms. The summed E-state index contributed by atoms with van der Waals surface area (Å²) in [5.74, 6) is -0.0971. The molecule has 1 aliphatic carbocycles. The van der Waals surface area contributed by atoms with Gasteiger partial charge in [-0.15, -0.1) is 0 Å². The zero-order chi connectivity index (χ0) is 16.4. The topological polar surface area (TPSA) is 65.8 Å². The SMILES string of the molecule is Cn1cccc1C(=O)C(=O)N1CCN(CC2CC2)[C@H](CCO)C1. The number of rotatable bonds is 6. The number of carbonyl (C=O) groups is 2. The van der Waals surface area contributed by atoms with Gasteiger partial charge in [0.25, 0.3) is 11.7 Å². The number of ketones is 1. The van der Waals surface area contributed by atoms with Crippen molar-refractivity contribution in [2.75, 3.05) is 32.8 Å². The smallest absolute Gasteiger partial charge is 0.296 e. The molecule has 1 amide bonds. The first-order chi connectivity index (χ1) is 11.1. The molecule has 126 valence electrons. The lowest BCUT2D eigenvalue weighted by molar-refractivity contribution is -0.129. The van der Waals surface area contributed by atoms with Gasteiger partial charge in [0.15, 0.2) is 0 Å². The predicted molar refractivity (Wildman–Crippen MR) is 86.1 cm³/mol. The third-order valence-electron chi connectivity index (χ3n) is 4.91. The molecule has 0 aromatic carbocycles. The number of piperazine rings is 1. The van der Waals surface area contributed by atoms with Crippen LogP contribution in [0.3, 0.4) is 0 Å². The van der Waals surface area contributed by atoms with Crippen LogP contribution in [0.15, 0.2) is 18.3 Å². The molecule has 1 saturated heterocycles. The molecule has 0 spiro atoms. The standard InChI is InChI=1S/C17H25N3O3/c1-18-7-2-3-15(18)16(22)17(23)20-9-8-19(11-13-4-5-13)14(12-20)6-10-21/h2-3,7,13-14,21H,4-6,8-12H2,1H3/t14-/m1/s1. The molecular formula is C17H25N3O3. The maximum absolute atomic E-state index is 12.5. The summed E-state index contributed by atoms with van der Waals surface area (Å²) in [4.78, 5) is 28.9. The molecule has 3 rings (SSSR count). The van der Waals surface area contributed by atoms with Crippen molar-refractivity contribution >= 4 is 11.7 Å². The van der Waals surface area contributed by atoms with E-state index in [-0.39, 0.29) is 12.6 Å². The third-order valence-corrected chi connectivity index (χ3v) is 4.91. The highest BCUT2D eigenvalue weighted by Gasteiger charge is 2.35. The van der Waals surface area contributed by atoms with Crippen molar-refractivity contribution in [3.05, 3.63) is 24.0 Å². The number of hydrogen-bond acceptors (Lipinski definition) is 4. The minimum atomic E-state index is -0.448. The molecule has 1 aromatic heterocycles. The van der Waals surface area contributed by atoms with Crippen LogP contribution in [0.5, 0.6) is 0 Å². The maximum Gasteiger partial charge on any atom is 0.296 e. The lowest BCUT2D eigenvalue weighted by Gasteiger charge is -2.41. The van der Waals surface area contributed by atoms with Crippen molar-refractivity contribution in [2.45, 2.75) is 25.3 Å². The first-order valence-electron chi connectivity index (χ1n) is 8.40. The highest BCUT2D eigenvalue weighted by molar-refractivity contribution is 6.42. The number of aliphatic hydroxyl groups is 1. The van der Waals surface area contributed by atoms with Gasteiger partial charge in [-0.3, -0.25) is 14.5 Å². The van der Waals surface area contributed by atoms with Crippen molar-refractivity contribution in [3.8, 4) is 0 Å². The lowest BCUT2D eigenvalue weighted by atomic mass is 10.1. The Hall–Kier alpha value is -1.66. The fourth-order valence-electron chi connectivity index (χ4n) is 3.32. The number of aryl methyl sites for hydroxylation is 1. The number of carbonyl (C=O) groups excluding carboxylic acids is 2. The molecule has 0 unspecified atom stereocenters. The fraction of sp³-hybridized carbons (Fsp3) is 0.647. The van der Waals surface area contributed by atoms with Crippen LogP contribution in [0.25, 0.3) is 0 Å². The van der Waals surface area contributed by atoms with E-state index in [9.17, 15) is 14.7 Å². The zero-order valence-corrected chi connectivity index (χ0v) is 13.6. The summed E-state index contributed by atoms with van der Waals surface area (Å²) >= 11 is 0. The van der Waals surface area contributed by atoms with E-state index >= 15 is 0 Å². The fourth-order valence-corrected chi connectivity index (χ4v) is 3.32. The number of nitrogens with zero attached hydrogens (tertiary/aromatic N) is 3. The minimum Gasteiger partial charge on any atom is -0.396 e. The van der Waals surface area contributed by atoms with E-state index in [4.69, 9.17) is 0 Å². The van der Waals surface area contributed by atoms with Crippen LogP contribution in [-0.2, 0) is 11.8 Å². The molecule has 1 N–H and O–H groups in total. The summed E-state index contributed by atoms with van der Waals surface area (Å²) in [7, 11) is 1.77. The molecule has 1 aromatic rings. The second-order valence-corrected chi connectivity index (χ2v) is 6.69. The van der Waals surface area contributed by atoms with Gasteiger partial charge in [-0.2, -0.15) is 0 Å². The molecule has 2 aliphatic rings. The molecule has 6 heteroatoms. The normalized spacial score (nSPS) is 22.3.